The Labute approximate surface area is 248 Å². The molecule has 0 N–H and O–H groups in total. The Balaban J connectivity index is 1.15. The van der Waals surface area contributed by atoms with Gasteiger partial charge in [0, 0.05) is 19.6 Å². The van der Waals surface area contributed by atoms with Crippen LogP contribution in [0.1, 0.15) is 14.5 Å². The quantitative estimate of drug-likeness (QED) is 0.190. The van der Waals surface area contributed by atoms with Crippen molar-refractivity contribution in [2.24, 2.45) is 0 Å². The summed E-state index contributed by atoms with van der Waals surface area (Å²) >= 11 is 6.67. The van der Waals surface area contributed by atoms with Crippen LogP contribution in [0.4, 0.5) is 32.8 Å². The van der Waals surface area contributed by atoms with Crippen LogP contribution in [0, 0.1) is 0 Å². The van der Waals surface area contributed by atoms with Crippen molar-refractivity contribution in [3.8, 4) is 0 Å². The van der Waals surface area contributed by atoms with Gasteiger partial charge in [-0.3, -0.25) is 14.6 Å². The standard InChI is InChI=1S/C33H20N2OS4/c36-33(29-17-19-31(39-29)34-21-9-1-5-13-25(21)37-26-14-6-2-10-22(26)34)30-18-20-32(40-30)35-23-11-3-7-15-27(23)38-28-16-8-4-12-24(28)35/h1-20H. The summed E-state index contributed by atoms with van der Waals surface area (Å²) in [7, 11) is 0. The fraction of sp³-hybridized carbons (Fsp3) is 0. The van der Waals surface area contributed by atoms with E-state index in [-0.39, 0.29) is 5.78 Å². The molecule has 2 aliphatic heterocycles. The summed E-state index contributed by atoms with van der Waals surface area (Å²) < 4.78 is 0. The van der Waals surface area contributed by atoms with Gasteiger partial charge in [0.05, 0.1) is 32.5 Å². The third kappa shape index (κ3) is 3.92. The average Bonchev–Trinajstić information content (AvgIpc) is 3.69. The highest BCUT2D eigenvalue weighted by Crippen LogP contribution is 2.54. The zero-order valence-corrected chi connectivity index (χ0v) is 24.2. The van der Waals surface area contributed by atoms with Crippen LogP contribution in [-0.2, 0) is 0 Å². The van der Waals surface area contributed by atoms with Gasteiger partial charge in [0.1, 0.15) is 10.0 Å². The maximum atomic E-state index is 13.8. The minimum atomic E-state index is 0.0633. The molecule has 0 aliphatic carbocycles. The number of hydrogen-bond acceptors (Lipinski definition) is 7. The van der Waals surface area contributed by atoms with Crippen molar-refractivity contribution in [1.82, 2.24) is 0 Å². The molecule has 0 radical (unpaired) electrons. The van der Waals surface area contributed by atoms with E-state index in [0.717, 1.165) is 42.5 Å². The van der Waals surface area contributed by atoms with E-state index in [4.69, 9.17) is 0 Å². The number of para-hydroxylation sites is 4. The van der Waals surface area contributed by atoms with Gasteiger partial charge in [-0.15, -0.1) is 22.7 Å². The van der Waals surface area contributed by atoms with Crippen LogP contribution in [0.15, 0.2) is 141 Å². The van der Waals surface area contributed by atoms with Crippen molar-refractivity contribution in [3.63, 3.8) is 0 Å². The molecule has 0 fully saturated rings. The van der Waals surface area contributed by atoms with E-state index in [2.05, 4.69) is 119 Å². The van der Waals surface area contributed by atoms with Gasteiger partial charge in [-0.2, -0.15) is 0 Å². The van der Waals surface area contributed by atoms with E-state index in [1.807, 2.05) is 12.1 Å². The summed E-state index contributed by atoms with van der Waals surface area (Å²) in [5.74, 6) is 0.0633. The molecular formula is C33H20N2OS4. The number of hydrogen-bond donors (Lipinski definition) is 0. The SMILES string of the molecule is O=C(c1ccc(N2c3ccccc3Sc3ccccc32)s1)c1ccc(N2c3ccccc3Sc3ccccc32)s1. The number of carbonyl (C=O) groups excluding carboxylic acids is 1. The van der Waals surface area contributed by atoms with Crippen LogP contribution in [0.5, 0.6) is 0 Å². The van der Waals surface area contributed by atoms with Crippen molar-refractivity contribution >= 4 is 84.7 Å². The third-order valence-corrected chi connectivity index (χ3v) is 11.3. The molecule has 0 saturated carbocycles. The summed E-state index contributed by atoms with van der Waals surface area (Å²) in [5.41, 5.74) is 4.58. The lowest BCUT2D eigenvalue weighted by Crippen LogP contribution is -2.13. The van der Waals surface area contributed by atoms with E-state index in [9.17, 15) is 4.79 Å². The molecule has 0 amide bonds. The van der Waals surface area contributed by atoms with Gasteiger partial charge in [0.15, 0.2) is 0 Å². The molecule has 2 aromatic heterocycles. The zero-order chi connectivity index (χ0) is 26.6. The summed E-state index contributed by atoms with van der Waals surface area (Å²) in [6.45, 7) is 0. The number of rotatable bonds is 4. The number of ketones is 1. The van der Waals surface area contributed by atoms with E-state index in [1.165, 1.54) is 19.6 Å². The van der Waals surface area contributed by atoms with E-state index in [0.29, 0.717) is 0 Å². The Morgan fingerprint density at radius 1 is 0.425 bits per heavy atom. The highest BCUT2D eigenvalue weighted by Gasteiger charge is 2.28. The van der Waals surface area contributed by atoms with Crippen LogP contribution in [0.3, 0.4) is 0 Å². The first-order valence-electron chi connectivity index (χ1n) is 12.8. The molecule has 8 rings (SSSR count). The van der Waals surface area contributed by atoms with E-state index in [1.54, 1.807) is 46.2 Å². The second-order valence-electron chi connectivity index (χ2n) is 9.35. The molecule has 192 valence electrons. The average molecular weight is 589 g/mol. The normalized spacial score (nSPS) is 13.3. The molecular weight excluding hydrogens is 569 g/mol. The highest BCUT2D eigenvalue weighted by molar-refractivity contribution is 8.00. The summed E-state index contributed by atoms with van der Waals surface area (Å²) in [6, 6.07) is 41.9. The molecule has 2 aliphatic rings. The van der Waals surface area contributed by atoms with Crippen molar-refractivity contribution < 1.29 is 4.79 Å². The molecule has 4 heterocycles. The molecule has 6 aromatic rings. The number of fused-ring (bicyclic) bond motifs is 4. The molecule has 3 nitrogen and oxygen atoms in total. The fourth-order valence-electron chi connectivity index (χ4n) is 5.15. The molecule has 0 atom stereocenters. The summed E-state index contributed by atoms with van der Waals surface area (Å²) in [6.07, 6.45) is 0. The Hall–Kier alpha value is -3.75. The molecule has 4 aromatic carbocycles. The van der Waals surface area contributed by atoms with Gasteiger partial charge in [0.2, 0.25) is 5.78 Å². The maximum absolute atomic E-state index is 13.8. The van der Waals surface area contributed by atoms with Crippen molar-refractivity contribution in [1.29, 1.82) is 0 Å². The van der Waals surface area contributed by atoms with Crippen molar-refractivity contribution in [2.45, 2.75) is 19.6 Å². The van der Waals surface area contributed by atoms with E-state index < -0.39 is 0 Å². The number of carbonyl (C=O) groups is 1. The van der Waals surface area contributed by atoms with Crippen LogP contribution in [0.2, 0.25) is 0 Å². The first kappa shape index (κ1) is 24.1. The third-order valence-electron chi connectivity index (χ3n) is 6.94. The fourth-order valence-corrected chi connectivity index (χ4v) is 9.30. The predicted octanol–water partition coefficient (Wildman–Crippen LogP) is 10.9. The lowest BCUT2D eigenvalue weighted by Gasteiger charge is -2.31. The van der Waals surface area contributed by atoms with Crippen molar-refractivity contribution in [3.05, 3.63) is 131 Å². The van der Waals surface area contributed by atoms with Gasteiger partial charge in [-0.05, 0) is 72.8 Å². The minimum Gasteiger partial charge on any atom is -0.300 e. The van der Waals surface area contributed by atoms with Crippen molar-refractivity contribution in [2.75, 3.05) is 9.80 Å². The maximum Gasteiger partial charge on any atom is 0.213 e. The molecule has 7 heteroatoms. The predicted molar refractivity (Wildman–Crippen MR) is 170 cm³/mol. The van der Waals surface area contributed by atoms with Gasteiger partial charge >= 0.3 is 0 Å². The van der Waals surface area contributed by atoms with Gasteiger partial charge in [-0.1, -0.05) is 72.1 Å². The largest absolute Gasteiger partial charge is 0.300 e. The Kier molecular flexibility index (Phi) is 5.85. The first-order valence-corrected chi connectivity index (χ1v) is 16.1. The highest BCUT2D eigenvalue weighted by atomic mass is 32.2. The number of thiophene rings is 2. The molecule has 0 unspecified atom stereocenters. The van der Waals surface area contributed by atoms with Crippen LogP contribution < -0.4 is 9.80 Å². The van der Waals surface area contributed by atoms with Gasteiger partial charge in [-0.25, -0.2) is 0 Å². The Bertz CT molecular complexity index is 1690. The molecule has 40 heavy (non-hydrogen) atoms. The van der Waals surface area contributed by atoms with E-state index >= 15 is 0 Å². The molecule has 0 spiro atoms. The topological polar surface area (TPSA) is 23.6 Å². The molecule has 0 bridgehead atoms. The van der Waals surface area contributed by atoms with Crippen LogP contribution in [0.25, 0.3) is 0 Å². The summed E-state index contributed by atoms with van der Waals surface area (Å²) in [5, 5.41) is 2.08. The second-order valence-corrected chi connectivity index (χ2v) is 13.6. The Morgan fingerprint density at radius 3 is 1.10 bits per heavy atom. The number of benzene rings is 4. The lowest BCUT2D eigenvalue weighted by atomic mass is 10.2. The smallest absolute Gasteiger partial charge is 0.213 e. The van der Waals surface area contributed by atoms with Crippen LogP contribution >= 0.6 is 46.2 Å². The first-order chi connectivity index (χ1) is 19.7. The second kappa shape index (κ2) is 9.71. The zero-order valence-electron chi connectivity index (χ0n) is 21.0. The van der Waals surface area contributed by atoms with Gasteiger partial charge in [0.25, 0.3) is 0 Å². The number of nitrogens with zero attached hydrogens (tertiary/aromatic N) is 2. The molecule has 0 saturated heterocycles. The summed E-state index contributed by atoms with van der Waals surface area (Å²) in [4.78, 5) is 24.7. The van der Waals surface area contributed by atoms with Gasteiger partial charge < -0.3 is 0 Å². The Morgan fingerprint density at radius 2 is 0.750 bits per heavy atom. The number of anilines is 6. The lowest BCUT2D eigenvalue weighted by molar-refractivity contribution is 0.104. The minimum absolute atomic E-state index is 0.0633. The van der Waals surface area contributed by atoms with Crippen LogP contribution in [-0.4, -0.2) is 5.78 Å². The monoisotopic (exact) mass is 588 g/mol.